The molecule has 3 aromatic rings. The molecule has 0 spiro atoms. The highest BCUT2D eigenvalue weighted by Crippen LogP contribution is 2.28. The lowest BCUT2D eigenvalue weighted by atomic mass is 9.98. The van der Waals surface area contributed by atoms with Crippen LogP contribution in [0.2, 0.25) is 0 Å². The van der Waals surface area contributed by atoms with E-state index in [4.69, 9.17) is 0 Å². The third-order valence-electron chi connectivity index (χ3n) is 5.40. The number of hydrogen-bond donors (Lipinski definition) is 0. The topological polar surface area (TPSA) is 84.2 Å². The molecule has 0 bridgehead atoms. The maximum Gasteiger partial charge on any atom is 0.433 e. The molecule has 1 aromatic carbocycles. The number of benzene rings is 1. The molecule has 0 aliphatic carbocycles. The van der Waals surface area contributed by atoms with Crippen LogP contribution in [0.5, 0.6) is 0 Å². The molecule has 3 heterocycles. The summed E-state index contributed by atoms with van der Waals surface area (Å²) < 4.78 is 40.4. The summed E-state index contributed by atoms with van der Waals surface area (Å²) in [5, 5.41) is 4.27. The summed E-state index contributed by atoms with van der Waals surface area (Å²) in [4.78, 5) is 36.5. The first-order valence-corrected chi connectivity index (χ1v) is 10.2. The Morgan fingerprint density at radius 2 is 1.70 bits per heavy atom. The number of alkyl halides is 3. The minimum Gasteiger partial charge on any atom is -0.333 e. The van der Waals surface area contributed by atoms with Crippen LogP contribution in [0.4, 0.5) is 13.2 Å². The second-order valence-electron chi connectivity index (χ2n) is 8.25. The zero-order chi connectivity index (χ0) is 23.8. The lowest BCUT2D eigenvalue weighted by molar-refractivity contribution is -0.141. The van der Waals surface area contributed by atoms with Crippen molar-refractivity contribution >= 4 is 11.8 Å². The normalized spacial score (nSPS) is 16.0. The predicted octanol–water partition coefficient (Wildman–Crippen LogP) is 3.06. The molecule has 0 radical (unpaired) electrons. The summed E-state index contributed by atoms with van der Waals surface area (Å²) >= 11 is 0. The molecule has 4 rings (SSSR count). The highest BCUT2D eigenvalue weighted by molar-refractivity contribution is 5.94. The third kappa shape index (κ3) is 4.57. The van der Waals surface area contributed by atoms with Crippen molar-refractivity contribution < 1.29 is 22.8 Å². The van der Waals surface area contributed by atoms with Gasteiger partial charge in [0, 0.05) is 19.6 Å². The van der Waals surface area contributed by atoms with Gasteiger partial charge in [-0.15, -0.1) is 5.10 Å². The minimum absolute atomic E-state index is 0.0197. The van der Waals surface area contributed by atoms with Crippen LogP contribution < -0.4 is 0 Å². The van der Waals surface area contributed by atoms with Crippen molar-refractivity contribution in [1.82, 2.24) is 29.5 Å². The van der Waals surface area contributed by atoms with Crippen molar-refractivity contribution in [2.24, 2.45) is 0 Å². The Hall–Kier alpha value is -3.76. The number of hydrogen-bond acceptors (Lipinski definition) is 5. The number of carbonyl (C=O) groups is 2. The van der Waals surface area contributed by atoms with Gasteiger partial charge in [0.2, 0.25) is 5.82 Å². The molecular formula is C22H21F3N6O2. The Balaban J connectivity index is 1.49. The number of halogens is 3. The fourth-order valence-electron chi connectivity index (χ4n) is 3.77. The van der Waals surface area contributed by atoms with Crippen LogP contribution in [0.1, 0.15) is 40.6 Å². The molecule has 0 N–H and O–H groups in total. The second-order valence-corrected chi connectivity index (χ2v) is 8.25. The van der Waals surface area contributed by atoms with Gasteiger partial charge in [-0.3, -0.25) is 9.59 Å². The minimum atomic E-state index is -4.64. The van der Waals surface area contributed by atoms with E-state index in [1.807, 2.05) is 30.3 Å². The van der Waals surface area contributed by atoms with E-state index < -0.39 is 23.3 Å². The molecule has 0 atom stereocenters. The van der Waals surface area contributed by atoms with Crippen molar-refractivity contribution in [2.45, 2.75) is 25.6 Å². The number of para-hydroxylation sites is 1. The maximum absolute atomic E-state index is 13.1. The van der Waals surface area contributed by atoms with Gasteiger partial charge in [0.25, 0.3) is 11.8 Å². The standard InChI is InChI=1S/C22H21F3N6O2/c1-21(2)13-29(19(32)16-9-6-10-17(27-16)22(23,24)25)11-12-30(21)20(33)18-26-14-31(28-18)15-7-4-3-5-8-15/h3-10,14H,11-13H2,1-2H3. The highest BCUT2D eigenvalue weighted by atomic mass is 19.4. The molecule has 2 amide bonds. The fourth-order valence-corrected chi connectivity index (χ4v) is 3.77. The number of pyridine rings is 1. The molecule has 2 aromatic heterocycles. The van der Waals surface area contributed by atoms with Crippen LogP contribution in [0.25, 0.3) is 5.69 Å². The molecular weight excluding hydrogens is 437 g/mol. The molecule has 1 aliphatic rings. The monoisotopic (exact) mass is 458 g/mol. The maximum atomic E-state index is 13.1. The summed E-state index contributed by atoms with van der Waals surface area (Å²) in [6, 6.07) is 12.4. The lowest BCUT2D eigenvalue weighted by Crippen LogP contribution is -2.62. The quantitative estimate of drug-likeness (QED) is 0.603. The number of piperazine rings is 1. The molecule has 8 nitrogen and oxygen atoms in total. The Bertz CT molecular complexity index is 1180. The van der Waals surface area contributed by atoms with Crippen molar-refractivity contribution in [1.29, 1.82) is 0 Å². The van der Waals surface area contributed by atoms with Gasteiger partial charge in [0.15, 0.2) is 0 Å². The van der Waals surface area contributed by atoms with E-state index in [9.17, 15) is 22.8 Å². The Kier molecular flexibility index (Phi) is 5.64. The van der Waals surface area contributed by atoms with Crippen molar-refractivity contribution in [3.05, 3.63) is 72.1 Å². The second kappa shape index (κ2) is 8.30. The number of amides is 2. The SMILES string of the molecule is CC1(C)CN(C(=O)c2cccc(C(F)(F)F)n2)CCN1C(=O)c1ncn(-c2ccccc2)n1. The van der Waals surface area contributed by atoms with Gasteiger partial charge >= 0.3 is 6.18 Å². The number of carbonyl (C=O) groups excluding carboxylic acids is 2. The molecule has 1 aliphatic heterocycles. The van der Waals surface area contributed by atoms with Gasteiger partial charge < -0.3 is 9.80 Å². The van der Waals surface area contributed by atoms with Gasteiger partial charge in [0.1, 0.15) is 17.7 Å². The Morgan fingerprint density at radius 1 is 0.970 bits per heavy atom. The predicted molar refractivity (Wildman–Crippen MR) is 112 cm³/mol. The zero-order valence-corrected chi connectivity index (χ0v) is 18.0. The molecule has 0 saturated carbocycles. The van der Waals surface area contributed by atoms with Gasteiger partial charge in [-0.25, -0.2) is 14.6 Å². The van der Waals surface area contributed by atoms with Gasteiger partial charge in [-0.05, 0) is 38.1 Å². The van der Waals surface area contributed by atoms with Crippen LogP contribution in [0, 0.1) is 0 Å². The van der Waals surface area contributed by atoms with Crippen LogP contribution in [0.3, 0.4) is 0 Å². The average molecular weight is 458 g/mol. The summed E-state index contributed by atoms with van der Waals surface area (Å²) in [5.74, 6) is -0.988. The highest BCUT2D eigenvalue weighted by Gasteiger charge is 2.40. The van der Waals surface area contributed by atoms with Gasteiger partial charge in [0.05, 0.1) is 11.2 Å². The third-order valence-corrected chi connectivity index (χ3v) is 5.40. The van der Waals surface area contributed by atoms with Crippen molar-refractivity contribution in [3.8, 4) is 5.69 Å². The van der Waals surface area contributed by atoms with Crippen molar-refractivity contribution in [2.75, 3.05) is 19.6 Å². The van der Waals surface area contributed by atoms with Gasteiger partial charge in [-0.1, -0.05) is 24.3 Å². The van der Waals surface area contributed by atoms with Crippen LogP contribution in [-0.2, 0) is 6.18 Å². The van der Waals surface area contributed by atoms with E-state index in [-0.39, 0.29) is 37.1 Å². The molecule has 11 heteroatoms. The van der Waals surface area contributed by atoms with E-state index in [1.165, 1.54) is 22.0 Å². The molecule has 1 fully saturated rings. The van der Waals surface area contributed by atoms with E-state index >= 15 is 0 Å². The van der Waals surface area contributed by atoms with Gasteiger partial charge in [-0.2, -0.15) is 13.2 Å². The molecule has 33 heavy (non-hydrogen) atoms. The number of aromatic nitrogens is 4. The first-order chi connectivity index (χ1) is 15.6. The molecule has 172 valence electrons. The van der Waals surface area contributed by atoms with E-state index in [0.29, 0.717) is 0 Å². The summed E-state index contributed by atoms with van der Waals surface area (Å²) in [6.45, 7) is 3.99. The van der Waals surface area contributed by atoms with E-state index in [0.717, 1.165) is 17.8 Å². The number of nitrogens with zero attached hydrogens (tertiary/aromatic N) is 6. The molecule has 0 unspecified atom stereocenters. The average Bonchev–Trinajstić information content (AvgIpc) is 3.28. The summed E-state index contributed by atoms with van der Waals surface area (Å²) in [7, 11) is 0. The zero-order valence-electron chi connectivity index (χ0n) is 18.0. The fraction of sp³-hybridized carbons (Fsp3) is 0.318. The summed E-state index contributed by atoms with van der Waals surface area (Å²) in [6.07, 6.45) is -3.19. The molecule has 1 saturated heterocycles. The van der Waals surface area contributed by atoms with Crippen molar-refractivity contribution in [3.63, 3.8) is 0 Å². The van der Waals surface area contributed by atoms with Crippen LogP contribution in [0.15, 0.2) is 54.9 Å². The van der Waals surface area contributed by atoms with Crippen LogP contribution in [-0.4, -0.2) is 66.5 Å². The summed E-state index contributed by atoms with van der Waals surface area (Å²) in [5.41, 5.74) is -1.46. The van der Waals surface area contributed by atoms with E-state index in [1.54, 1.807) is 18.7 Å². The lowest BCUT2D eigenvalue weighted by Gasteiger charge is -2.46. The smallest absolute Gasteiger partial charge is 0.333 e. The largest absolute Gasteiger partial charge is 0.433 e. The number of rotatable bonds is 3. The Morgan fingerprint density at radius 3 is 2.36 bits per heavy atom. The first kappa shape index (κ1) is 22.4. The Labute approximate surface area is 187 Å². The van der Waals surface area contributed by atoms with Crippen LogP contribution >= 0.6 is 0 Å². The first-order valence-electron chi connectivity index (χ1n) is 10.2. The van der Waals surface area contributed by atoms with E-state index in [2.05, 4.69) is 15.1 Å².